The van der Waals surface area contributed by atoms with Crippen molar-refractivity contribution in [3.63, 3.8) is 0 Å². The summed E-state index contributed by atoms with van der Waals surface area (Å²) in [6, 6.07) is 8.54. The van der Waals surface area contributed by atoms with Gasteiger partial charge in [-0.2, -0.15) is 0 Å². The van der Waals surface area contributed by atoms with Crippen molar-refractivity contribution in [1.29, 1.82) is 0 Å². The highest BCUT2D eigenvalue weighted by molar-refractivity contribution is 6.29. The lowest BCUT2D eigenvalue weighted by molar-refractivity contribution is -0.117. The summed E-state index contributed by atoms with van der Waals surface area (Å²) >= 11 is 5.80. The Bertz CT molecular complexity index is 772. The lowest BCUT2D eigenvalue weighted by Gasteiger charge is -2.11. The fourth-order valence-corrected chi connectivity index (χ4v) is 2.34. The fourth-order valence-electron chi connectivity index (χ4n) is 2.16. The zero-order valence-corrected chi connectivity index (χ0v) is 13.4. The summed E-state index contributed by atoms with van der Waals surface area (Å²) in [5.41, 5.74) is 2.66. The molecule has 0 unspecified atom stereocenters. The second-order valence-electron chi connectivity index (χ2n) is 5.61. The van der Waals surface area contributed by atoms with E-state index in [4.69, 9.17) is 11.6 Å². The van der Waals surface area contributed by atoms with Crippen molar-refractivity contribution in [3.05, 3.63) is 52.8 Å². The van der Waals surface area contributed by atoms with Gasteiger partial charge in [0.05, 0.1) is 0 Å². The lowest BCUT2D eigenvalue weighted by Crippen LogP contribution is -2.15. The number of amides is 2. The summed E-state index contributed by atoms with van der Waals surface area (Å²) in [4.78, 5) is 28.0. The average Bonchev–Trinajstić information content (AvgIpc) is 3.35. The molecule has 0 atom stereocenters. The predicted molar refractivity (Wildman–Crippen MR) is 89.7 cm³/mol. The molecule has 1 fully saturated rings. The minimum absolute atomic E-state index is 0.0343. The van der Waals surface area contributed by atoms with Crippen molar-refractivity contribution >= 4 is 34.8 Å². The topological polar surface area (TPSA) is 71.1 Å². The van der Waals surface area contributed by atoms with Gasteiger partial charge in [0.2, 0.25) is 5.91 Å². The molecule has 1 saturated carbocycles. The molecule has 1 aliphatic carbocycles. The number of carbonyl (C=O) groups excluding carboxylic acids is 2. The molecular formula is C17H16ClN3O2. The van der Waals surface area contributed by atoms with E-state index in [0.29, 0.717) is 16.9 Å². The van der Waals surface area contributed by atoms with E-state index in [1.165, 1.54) is 12.3 Å². The number of nitrogens with zero attached hydrogens (tertiary/aromatic N) is 1. The number of hydrogen-bond donors (Lipinski definition) is 2. The zero-order chi connectivity index (χ0) is 16.4. The van der Waals surface area contributed by atoms with Crippen LogP contribution in [0, 0.1) is 12.8 Å². The zero-order valence-electron chi connectivity index (χ0n) is 12.6. The van der Waals surface area contributed by atoms with Crippen LogP contribution in [0.5, 0.6) is 0 Å². The number of aromatic nitrogens is 1. The first-order valence-corrected chi connectivity index (χ1v) is 7.75. The van der Waals surface area contributed by atoms with Crippen molar-refractivity contribution in [2.75, 3.05) is 10.6 Å². The van der Waals surface area contributed by atoms with Crippen LogP contribution in [0.15, 0.2) is 36.5 Å². The third-order valence-corrected chi connectivity index (χ3v) is 3.90. The largest absolute Gasteiger partial charge is 0.326 e. The van der Waals surface area contributed by atoms with Crippen LogP contribution in [-0.2, 0) is 4.79 Å². The van der Waals surface area contributed by atoms with Crippen LogP contribution < -0.4 is 10.6 Å². The predicted octanol–water partition coefficient (Wildman–Crippen LogP) is 3.64. The fraction of sp³-hybridized carbons (Fsp3) is 0.235. The van der Waals surface area contributed by atoms with Gasteiger partial charge < -0.3 is 10.6 Å². The highest BCUT2D eigenvalue weighted by atomic mass is 35.5. The molecule has 1 heterocycles. The first-order chi connectivity index (χ1) is 11.0. The van der Waals surface area contributed by atoms with Gasteiger partial charge in [-0.1, -0.05) is 17.7 Å². The number of anilines is 2. The molecule has 6 heteroatoms. The van der Waals surface area contributed by atoms with E-state index >= 15 is 0 Å². The Morgan fingerprint density at radius 2 is 1.96 bits per heavy atom. The summed E-state index contributed by atoms with van der Waals surface area (Å²) in [7, 11) is 0. The highest BCUT2D eigenvalue weighted by Gasteiger charge is 2.29. The van der Waals surface area contributed by atoms with Gasteiger partial charge in [0.25, 0.3) is 5.91 Å². The number of nitrogens with one attached hydrogen (secondary N) is 2. The van der Waals surface area contributed by atoms with Crippen molar-refractivity contribution in [3.8, 4) is 0 Å². The summed E-state index contributed by atoms with van der Waals surface area (Å²) in [5, 5.41) is 5.97. The molecular weight excluding hydrogens is 314 g/mol. The lowest BCUT2D eigenvalue weighted by atomic mass is 10.1. The van der Waals surface area contributed by atoms with E-state index in [0.717, 1.165) is 18.4 Å². The summed E-state index contributed by atoms with van der Waals surface area (Å²) in [6.45, 7) is 1.89. The molecule has 1 aliphatic rings. The molecule has 2 aromatic rings. The van der Waals surface area contributed by atoms with Gasteiger partial charge in [-0.15, -0.1) is 0 Å². The number of rotatable bonds is 4. The molecule has 23 heavy (non-hydrogen) atoms. The maximum Gasteiger partial charge on any atom is 0.255 e. The first kappa shape index (κ1) is 15.5. The van der Waals surface area contributed by atoms with Gasteiger partial charge in [0.1, 0.15) is 5.15 Å². The molecule has 118 valence electrons. The maximum absolute atomic E-state index is 12.3. The molecule has 0 spiro atoms. The molecule has 2 amide bonds. The van der Waals surface area contributed by atoms with Crippen molar-refractivity contribution in [1.82, 2.24) is 4.98 Å². The van der Waals surface area contributed by atoms with Crippen LogP contribution in [0.1, 0.15) is 28.8 Å². The minimum Gasteiger partial charge on any atom is -0.326 e. The molecule has 0 saturated heterocycles. The van der Waals surface area contributed by atoms with Gasteiger partial charge in [-0.05, 0) is 49.6 Å². The number of pyridine rings is 1. The minimum atomic E-state index is -0.275. The third-order valence-electron chi connectivity index (χ3n) is 3.69. The Hall–Kier alpha value is -2.40. The van der Waals surface area contributed by atoms with Gasteiger partial charge in [0.15, 0.2) is 0 Å². The van der Waals surface area contributed by atoms with Crippen LogP contribution in [-0.4, -0.2) is 16.8 Å². The molecule has 5 nitrogen and oxygen atoms in total. The Labute approximate surface area is 139 Å². The van der Waals surface area contributed by atoms with E-state index in [2.05, 4.69) is 15.6 Å². The number of benzene rings is 1. The van der Waals surface area contributed by atoms with E-state index < -0.39 is 0 Å². The van der Waals surface area contributed by atoms with E-state index in [-0.39, 0.29) is 22.9 Å². The third kappa shape index (κ3) is 3.87. The van der Waals surface area contributed by atoms with E-state index in [1.807, 2.05) is 19.1 Å². The van der Waals surface area contributed by atoms with E-state index in [1.54, 1.807) is 12.1 Å². The Balaban J connectivity index is 1.76. The van der Waals surface area contributed by atoms with E-state index in [9.17, 15) is 9.59 Å². The highest BCUT2D eigenvalue weighted by Crippen LogP contribution is 2.31. The molecule has 1 aromatic heterocycles. The maximum atomic E-state index is 12.3. The Kier molecular flexibility index (Phi) is 4.30. The van der Waals surface area contributed by atoms with Crippen molar-refractivity contribution in [2.24, 2.45) is 5.92 Å². The summed E-state index contributed by atoms with van der Waals surface area (Å²) in [5.74, 6) is -0.108. The van der Waals surface area contributed by atoms with Gasteiger partial charge in [-0.3, -0.25) is 9.59 Å². The summed E-state index contributed by atoms with van der Waals surface area (Å²) < 4.78 is 0. The Morgan fingerprint density at radius 3 is 2.65 bits per heavy atom. The van der Waals surface area contributed by atoms with Gasteiger partial charge >= 0.3 is 0 Å². The van der Waals surface area contributed by atoms with Gasteiger partial charge in [-0.25, -0.2) is 4.98 Å². The normalized spacial score (nSPS) is 13.5. The number of halogens is 1. The van der Waals surface area contributed by atoms with Crippen LogP contribution >= 0.6 is 11.6 Å². The second-order valence-corrected chi connectivity index (χ2v) is 6.00. The average molecular weight is 330 g/mol. The van der Waals surface area contributed by atoms with Crippen LogP contribution in [0.3, 0.4) is 0 Å². The smallest absolute Gasteiger partial charge is 0.255 e. The number of aryl methyl sites for hydroxylation is 1. The number of hydrogen-bond acceptors (Lipinski definition) is 3. The molecule has 1 aromatic carbocycles. The summed E-state index contributed by atoms with van der Waals surface area (Å²) in [6.07, 6.45) is 3.38. The van der Waals surface area contributed by atoms with Crippen molar-refractivity contribution in [2.45, 2.75) is 19.8 Å². The van der Waals surface area contributed by atoms with Gasteiger partial charge in [0, 0.05) is 29.1 Å². The molecule has 0 bridgehead atoms. The SMILES string of the molecule is Cc1ccc(NC(=O)C2CC2)cc1NC(=O)c1ccnc(Cl)c1. The monoisotopic (exact) mass is 329 g/mol. The van der Waals surface area contributed by atoms with Crippen molar-refractivity contribution < 1.29 is 9.59 Å². The molecule has 0 radical (unpaired) electrons. The molecule has 2 N–H and O–H groups in total. The number of carbonyl (C=O) groups is 2. The van der Waals surface area contributed by atoms with Crippen LogP contribution in [0.25, 0.3) is 0 Å². The standard InChI is InChI=1S/C17H16ClN3O2/c1-10-2-5-13(20-16(22)11-3-4-11)9-14(10)21-17(23)12-6-7-19-15(18)8-12/h2,5-9,11H,3-4H2,1H3,(H,20,22)(H,21,23). The van der Waals surface area contributed by atoms with Crippen LogP contribution in [0.2, 0.25) is 5.15 Å². The molecule has 3 rings (SSSR count). The first-order valence-electron chi connectivity index (χ1n) is 7.37. The quantitative estimate of drug-likeness (QED) is 0.841. The second kappa shape index (κ2) is 6.38. The van der Waals surface area contributed by atoms with Crippen LogP contribution in [0.4, 0.5) is 11.4 Å². The Morgan fingerprint density at radius 1 is 1.17 bits per heavy atom. The molecule has 0 aliphatic heterocycles.